The second-order valence-corrected chi connectivity index (χ2v) is 4.68. The first-order valence-electron chi connectivity index (χ1n) is 6.31. The Bertz CT molecular complexity index is 610. The standard InChI is InChI=1S/C15H15N3O/c1-10-7-8-16-14-13(10)18-15(19)12(9-17-14)11-5-3-2-4-6-11/h2-8,12H,9H2,1H3,(H,16,17)(H,18,19). The molecule has 1 amide bonds. The molecular weight excluding hydrogens is 238 g/mol. The Kier molecular flexibility index (Phi) is 2.91. The van der Waals surface area contributed by atoms with E-state index >= 15 is 0 Å². The number of rotatable bonds is 1. The second-order valence-electron chi connectivity index (χ2n) is 4.68. The summed E-state index contributed by atoms with van der Waals surface area (Å²) in [5.74, 6) is 0.551. The Morgan fingerprint density at radius 1 is 1.21 bits per heavy atom. The van der Waals surface area contributed by atoms with Crippen LogP contribution >= 0.6 is 0 Å². The third-order valence-corrected chi connectivity index (χ3v) is 3.40. The number of carbonyl (C=O) groups is 1. The summed E-state index contributed by atoms with van der Waals surface area (Å²) >= 11 is 0. The van der Waals surface area contributed by atoms with E-state index in [9.17, 15) is 4.79 Å². The lowest BCUT2D eigenvalue weighted by Gasteiger charge is -2.13. The van der Waals surface area contributed by atoms with Crippen LogP contribution in [0.5, 0.6) is 0 Å². The van der Waals surface area contributed by atoms with Crippen molar-refractivity contribution in [1.82, 2.24) is 4.98 Å². The van der Waals surface area contributed by atoms with Gasteiger partial charge in [0.2, 0.25) is 5.91 Å². The highest BCUT2D eigenvalue weighted by Gasteiger charge is 2.25. The van der Waals surface area contributed by atoms with Crippen LogP contribution in [0.4, 0.5) is 11.5 Å². The van der Waals surface area contributed by atoms with Crippen LogP contribution in [0.1, 0.15) is 17.0 Å². The van der Waals surface area contributed by atoms with E-state index in [1.54, 1.807) is 6.20 Å². The first-order chi connectivity index (χ1) is 9.25. The lowest BCUT2D eigenvalue weighted by molar-refractivity contribution is -0.117. The number of hydrogen-bond acceptors (Lipinski definition) is 3. The molecule has 2 N–H and O–H groups in total. The minimum atomic E-state index is -0.199. The highest BCUT2D eigenvalue weighted by molar-refractivity contribution is 6.00. The van der Waals surface area contributed by atoms with Gasteiger partial charge in [0, 0.05) is 12.7 Å². The number of anilines is 2. The van der Waals surface area contributed by atoms with Crippen LogP contribution in [0.2, 0.25) is 0 Å². The largest absolute Gasteiger partial charge is 0.367 e. The molecule has 1 aliphatic rings. The fourth-order valence-corrected chi connectivity index (χ4v) is 2.31. The minimum Gasteiger partial charge on any atom is -0.367 e. The Morgan fingerprint density at radius 3 is 2.79 bits per heavy atom. The first-order valence-corrected chi connectivity index (χ1v) is 6.31. The zero-order valence-electron chi connectivity index (χ0n) is 10.7. The Morgan fingerprint density at radius 2 is 2.00 bits per heavy atom. The summed E-state index contributed by atoms with van der Waals surface area (Å²) in [6.07, 6.45) is 1.75. The van der Waals surface area contributed by atoms with Crippen molar-refractivity contribution >= 4 is 17.4 Å². The van der Waals surface area contributed by atoms with E-state index in [0.29, 0.717) is 6.54 Å². The predicted molar refractivity (Wildman–Crippen MR) is 75.3 cm³/mol. The molecular formula is C15H15N3O. The Hall–Kier alpha value is -2.36. The fourth-order valence-electron chi connectivity index (χ4n) is 2.31. The molecule has 2 aromatic rings. The molecule has 0 bridgehead atoms. The number of fused-ring (bicyclic) bond motifs is 1. The van der Waals surface area contributed by atoms with Gasteiger partial charge in [-0.05, 0) is 24.1 Å². The second kappa shape index (κ2) is 4.72. The summed E-state index contributed by atoms with van der Waals surface area (Å²) in [4.78, 5) is 16.6. The van der Waals surface area contributed by atoms with Crippen molar-refractivity contribution < 1.29 is 4.79 Å². The molecule has 0 aliphatic carbocycles. The van der Waals surface area contributed by atoms with E-state index in [0.717, 1.165) is 22.6 Å². The van der Waals surface area contributed by atoms with Crippen LogP contribution in [0, 0.1) is 6.92 Å². The highest BCUT2D eigenvalue weighted by atomic mass is 16.2. The summed E-state index contributed by atoms with van der Waals surface area (Å²) in [5.41, 5.74) is 2.81. The molecule has 0 saturated heterocycles. The van der Waals surface area contributed by atoms with Crippen LogP contribution < -0.4 is 10.6 Å². The summed E-state index contributed by atoms with van der Waals surface area (Å²) in [6, 6.07) is 11.7. The number of pyridine rings is 1. The first kappa shape index (κ1) is 11.7. The van der Waals surface area contributed by atoms with Gasteiger partial charge in [0.15, 0.2) is 0 Å². The van der Waals surface area contributed by atoms with Crippen molar-refractivity contribution in [2.75, 3.05) is 17.2 Å². The summed E-state index contributed by atoms with van der Waals surface area (Å²) in [6.45, 7) is 2.52. The third-order valence-electron chi connectivity index (χ3n) is 3.40. The Labute approximate surface area is 111 Å². The van der Waals surface area contributed by atoms with E-state index in [1.165, 1.54) is 0 Å². The van der Waals surface area contributed by atoms with Gasteiger partial charge in [-0.25, -0.2) is 4.98 Å². The van der Waals surface area contributed by atoms with Gasteiger partial charge < -0.3 is 10.6 Å². The normalized spacial score (nSPS) is 17.9. The third kappa shape index (κ3) is 2.17. The maximum absolute atomic E-state index is 12.4. The molecule has 0 spiro atoms. The van der Waals surface area contributed by atoms with Crippen LogP contribution in [-0.4, -0.2) is 17.4 Å². The molecule has 96 valence electrons. The van der Waals surface area contributed by atoms with Gasteiger partial charge in [-0.3, -0.25) is 4.79 Å². The predicted octanol–water partition coefficient (Wildman–Crippen LogP) is 2.54. The van der Waals surface area contributed by atoms with Crippen molar-refractivity contribution in [2.45, 2.75) is 12.8 Å². The molecule has 19 heavy (non-hydrogen) atoms. The molecule has 0 saturated carbocycles. The van der Waals surface area contributed by atoms with Crippen LogP contribution in [0.15, 0.2) is 42.6 Å². The molecule has 1 aromatic heterocycles. The lowest BCUT2D eigenvalue weighted by atomic mass is 9.98. The monoisotopic (exact) mass is 253 g/mol. The maximum atomic E-state index is 12.4. The van der Waals surface area contributed by atoms with Gasteiger partial charge in [-0.1, -0.05) is 30.3 Å². The van der Waals surface area contributed by atoms with Crippen molar-refractivity contribution in [3.05, 3.63) is 53.7 Å². The number of hydrogen-bond donors (Lipinski definition) is 2. The average molecular weight is 253 g/mol. The van der Waals surface area contributed by atoms with E-state index in [4.69, 9.17) is 0 Å². The van der Waals surface area contributed by atoms with Crippen LogP contribution in [0.3, 0.4) is 0 Å². The van der Waals surface area contributed by atoms with Gasteiger partial charge in [0.05, 0.1) is 11.6 Å². The van der Waals surface area contributed by atoms with Gasteiger partial charge in [-0.15, -0.1) is 0 Å². The Balaban J connectivity index is 1.95. The zero-order chi connectivity index (χ0) is 13.2. The maximum Gasteiger partial charge on any atom is 0.233 e. The highest BCUT2D eigenvalue weighted by Crippen LogP contribution is 2.29. The number of amides is 1. The molecule has 0 fully saturated rings. The van der Waals surface area contributed by atoms with Crippen molar-refractivity contribution in [3.8, 4) is 0 Å². The van der Waals surface area contributed by atoms with Crippen LogP contribution in [-0.2, 0) is 4.79 Å². The van der Waals surface area contributed by atoms with Gasteiger partial charge in [-0.2, -0.15) is 0 Å². The average Bonchev–Trinajstić information content (AvgIpc) is 2.60. The van der Waals surface area contributed by atoms with Crippen molar-refractivity contribution in [3.63, 3.8) is 0 Å². The number of carbonyl (C=O) groups excluding carboxylic acids is 1. The fraction of sp³-hybridized carbons (Fsp3) is 0.200. The van der Waals surface area contributed by atoms with Crippen molar-refractivity contribution in [1.29, 1.82) is 0 Å². The summed E-state index contributed by atoms with van der Waals surface area (Å²) in [5, 5.41) is 6.23. The summed E-state index contributed by atoms with van der Waals surface area (Å²) in [7, 11) is 0. The van der Waals surface area contributed by atoms with E-state index in [1.807, 2.05) is 43.3 Å². The summed E-state index contributed by atoms with van der Waals surface area (Å²) < 4.78 is 0. The van der Waals surface area contributed by atoms with Crippen LogP contribution in [0.25, 0.3) is 0 Å². The topological polar surface area (TPSA) is 54.0 Å². The van der Waals surface area contributed by atoms with Gasteiger partial charge in [0.25, 0.3) is 0 Å². The molecule has 1 aliphatic heterocycles. The smallest absolute Gasteiger partial charge is 0.233 e. The number of aromatic nitrogens is 1. The van der Waals surface area contributed by atoms with Gasteiger partial charge in [0.1, 0.15) is 5.82 Å². The van der Waals surface area contributed by atoms with Gasteiger partial charge >= 0.3 is 0 Å². The zero-order valence-corrected chi connectivity index (χ0v) is 10.7. The molecule has 2 heterocycles. The molecule has 1 aromatic carbocycles. The van der Waals surface area contributed by atoms with E-state index in [-0.39, 0.29) is 11.8 Å². The minimum absolute atomic E-state index is 0.00792. The molecule has 0 radical (unpaired) electrons. The number of nitrogens with zero attached hydrogens (tertiary/aromatic N) is 1. The molecule has 3 rings (SSSR count). The SMILES string of the molecule is Cc1ccnc2c1NC(=O)C(c1ccccc1)CN2. The molecule has 4 heteroatoms. The lowest BCUT2D eigenvalue weighted by Crippen LogP contribution is -2.23. The molecule has 1 unspecified atom stereocenters. The van der Waals surface area contributed by atoms with Crippen molar-refractivity contribution in [2.24, 2.45) is 0 Å². The number of nitrogens with one attached hydrogen (secondary N) is 2. The molecule has 1 atom stereocenters. The van der Waals surface area contributed by atoms with E-state index < -0.39 is 0 Å². The number of aryl methyl sites for hydroxylation is 1. The quantitative estimate of drug-likeness (QED) is 0.821. The molecule has 4 nitrogen and oxygen atoms in total. The number of benzene rings is 1. The van der Waals surface area contributed by atoms with E-state index in [2.05, 4.69) is 15.6 Å².